The summed E-state index contributed by atoms with van der Waals surface area (Å²) in [6.07, 6.45) is 13.8. The van der Waals surface area contributed by atoms with Crippen LogP contribution >= 0.6 is 0 Å². The Hall–Kier alpha value is 0. The fraction of sp³-hybridized carbons (Fsp3) is 1.00. The van der Waals surface area contributed by atoms with E-state index in [1.54, 1.807) is 25.7 Å². The molecule has 0 aromatic rings. The first kappa shape index (κ1) is 13.0. The fourth-order valence-corrected chi connectivity index (χ4v) is 5.89. The highest BCUT2D eigenvalue weighted by atomic mass is 14.5. The Morgan fingerprint density at radius 3 is 2.28 bits per heavy atom. The number of hydrogen-bond acceptors (Lipinski definition) is 0. The molecule has 104 valence electrons. The predicted octanol–water partition coefficient (Wildman–Crippen LogP) is 5.67. The van der Waals surface area contributed by atoms with Gasteiger partial charge in [-0.05, 0) is 60.7 Å². The number of hydrogen-bond donors (Lipinski definition) is 0. The molecule has 0 aromatic heterocycles. The molecule has 0 N–H and O–H groups in total. The van der Waals surface area contributed by atoms with Crippen LogP contribution in [0.4, 0.5) is 0 Å². The zero-order valence-electron chi connectivity index (χ0n) is 12.8. The molecule has 0 heteroatoms. The van der Waals surface area contributed by atoms with Gasteiger partial charge in [-0.3, -0.25) is 0 Å². The van der Waals surface area contributed by atoms with Gasteiger partial charge in [-0.2, -0.15) is 0 Å². The molecule has 0 spiro atoms. The van der Waals surface area contributed by atoms with E-state index in [9.17, 15) is 0 Å². The van der Waals surface area contributed by atoms with Gasteiger partial charge in [-0.1, -0.05) is 52.9 Å². The molecule has 18 heavy (non-hydrogen) atoms. The van der Waals surface area contributed by atoms with E-state index in [-0.39, 0.29) is 0 Å². The van der Waals surface area contributed by atoms with Gasteiger partial charge < -0.3 is 0 Å². The average molecular weight is 248 g/mol. The molecule has 0 aromatic carbocycles. The van der Waals surface area contributed by atoms with Crippen LogP contribution in [-0.2, 0) is 0 Å². The van der Waals surface area contributed by atoms with Crippen LogP contribution in [0, 0.1) is 35.0 Å². The van der Waals surface area contributed by atoms with Crippen molar-refractivity contribution >= 4 is 0 Å². The summed E-state index contributed by atoms with van der Waals surface area (Å²) >= 11 is 0. The highest BCUT2D eigenvalue weighted by molar-refractivity contribution is 4.96. The number of fused-ring (bicyclic) bond motifs is 3. The summed E-state index contributed by atoms with van der Waals surface area (Å²) in [5.41, 5.74) is 0.625. The summed E-state index contributed by atoms with van der Waals surface area (Å²) in [7, 11) is 0. The second-order valence-corrected chi connectivity index (χ2v) is 8.30. The van der Waals surface area contributed by atoms with Crippen LogP contribution < -0.4 is 0 Å². The monoisotopic (exact) mass is 248 g/mol. The van der Waals surface area contributed by atoms with Gasteiger partial charge in [0.2, 0.25) is 0 Å². The van der Waals surface area contributed by atoms with Gasteiger partial charge >= 0.3 is 0 Å². The molecule has 1 unspecified atom stereocenters. The van der Waals surface area contributed by atoms with Gasteiger partial charge in [0.1, 0.15) is 0 Å². The minimum absolute atomic E-state index is 0.625. The zero-order chi connectivity index (χ0) is 12.8. The Kier molecular flexibility index (Phi) is 3.49. The van der Waals surface area contributed by atoms with Gasteiger partial charge in [-0.25, -0.2) is 0 Å². The molecule has 2 bridgehead atoms. The summed E-state index contributed by atoms with van der Waals surface area (Å²) in [5.74, 6) is 5.22. The van der Waals surface area contributed by atoms with E-state index >= 15 is 0 Å². The SMILES string of the molecule is C[C@@H]1CC[C@H]2C[C@@H]3CCCCC3CC[C@@H]1C2(C)C. The van der Waals surface area contributed by atoms with Crippen molar-refractivity contribution in [3.63, 3.8) is 0 Å². The standard InChI is InChI=1S/C18H32/c1-13-8-10-16-12-15-7-5-4-6-14(15)9-11-17(13)18(16,2)3/h13-17H,4-12H2,1-3H3/t13-,14?,15+,16+,17+/m1/s1. The molecule has 5 atom stereocenters. The van der Waals surface area contributed by atoms with Crippen LogP contribution in [0.15, 0.2) is 0 Å². The minimum Gasteiger partial charge on any atom is -0.0622 e. The Balaban J connectivity index is 1.82. The van der Waals surface area contributed by atoms with Crippen molar-refractivity contribution < 1.29 is 0 Å². The Bertz CT molecular complexity index is 290. The molecule has 0 nitrogen and oxygen atoms in total. The Morgan fingerprint density at radius 2 is 1.50 bits per heavy atom. The van der Waals surface area contributed by atoms with Gasteiger partial charge in [0.15, 0.2) is 0 Å². The Labute approximate surface area is 114 Å². The second kappa shape index (κ2) is 4.84. The van der Waals surface area contributed by atoms with E-state index in [1.807, 2.05) is 0 Å². The molecule has 3 aliphatic carbocycles. The van der Waals surface area contributed by atoms with Crippen LogP contribution in [-0.4, -0.2) is 0 Å². The summed E-state index contributed by atoms with van der Waals surface area (Å²) in [5, 5.41) is 0. The number of rotatable bonds is 0. The zero-order valence-corrected chi connectivity index (χ0v) is 12.8. The van der Waals surface area contributed by atoms with Crippen molar-refractivity contribution in [2.75, 3.05) is 0 Å². The first-order chi connectivity index (χ1) is 8.59. The smallest absolute Gasteiger partial charge is 0.0295 e. The molecule has 0 heterocycles. The van der Waals surface area contributed by atoms with E-state index in [1.165, 1.54) is 32.1 Å². The van der Waals surface area contributed by atoms with Gasteiger partial charge in [0.25, 0.3) is 0 Å². The maximum atomic E-state index is 2.60. The molecule has 0 saturated heterocycles. The molecular weight excluding hydrogens is 216 g/mol. The fourth-order valence-electron chi connectivity index (χ4n) is 5.89. The molecule has 3 aliphatic rings. The van der Waals surface area contributed by atoms with Gasteiger partial charge in [0, 0.05) is 0 Å². The van der Waals surface area contributed by atoms with Crippen molar-refractivity contribution in [3.05, 3.63) is 0 Å². The molecular formula is C18H32. The van der Waals surface area contributed by atoms with Crippen molar-refractivity contribution in [1.29, 1.82) is 0 Å². The molecule has 3 saturated carbocycles. The molecule has 0 aliphatic heterocycles. The third-order valence-corrected chi connectivity index (χ3v) is 7.17. The quantitative estimate of drug-likeness (QED) is 0.518. The summed E-state index contributed by atoms with van der Waals surface area (Å²) < 4.78 is 0. The highest BCUT2D eigenvalue weighted by Gasteiger charge is 2.46. The van der Waals surface area contributed by atoms with Crippen LogP contribution in [0.2, 0.25) is 0 Å². The first-order valence-corrected chi connectivity index (χ1v) is 8.59. The van der Waals surface area contributed by atoms with E-state index in [0.717, 1.165) is 29.6 Å². The molecule has 0 radical (unpaired) electrons. The van der Waals surface area contributed by atoms with Gasteiger partial charge in [-0.15, -0.1) is 0 Å². The largest absolute Gasteiger partial charge is 0.0622 e. The lowest BCUT2D eigenvalue weighted by atomic mass is 9.52. The Morgan fingerprint density at radius 1 is 0.778 bits per heavy atom. The van der Waals surface area contributed by atoms with Crippen LogP contribution in [0.5, 0.6) is 0 Å². The molecule has 3 fully saturated rings. The van der Waals surface area contributed by atoms with Gasteiger partial charge in [0.05, 0.1) is 0 Å². The van der Waals surface area contributed by atoms with Crippen LogP contribution in [0.3, 0.4) is 0 Å². The average Bonchev–Trinajstić information content (AvgIpc) is 2.33. The van der Waals surface area contributed by atoms with Crippen molar-refractivity contribution in [2.45, 2.75) is 78.6 Å². The third kappa shape index (κ3) is 2.14. The summed E-state index contributed by atoms with van der Waals surface area (Å²) in [4.78, 5) is 0. The lowest BCUT2D eigenvalue weighted by Crippen LogP contribution is -2.44. The summed E-state index contributed by atoms with van der Waals surface area (Å²) in [6.45, 7) is 7.73. The van der Waals surface area contributed by atoms with E-state index < -0.39 is 0 Å². The third-order valence-electron chi connectivity index (χ3n) is 7.17. The lowest BCUT2D eigenvalue weighted by molar-refractivity contribution is -0.0305. The normalized spacial score (nSPS) is 47.8. The molecule has 0 amide bonds. The lowest BCUT2D eigenvalue weighted by Gasteiger charge is -2.53. The minimum atomic E-state index is 0.625. The maximum Gasteiger partial charge on any atom is -0.0295 e. The highest BCUT2D eigenvalue weighted by Crippen LogP contribution is 2.55. The summed E-state index contributed by atoms with van der Waals surface area (Å²) in [6, 6.07) is 0. The van der Waals surface area contributed by atoms with Crippen LogP contribution in [0.25, 0.3) is 0 Å². The predicted molar refractivity (Wildman–Crippen MR) is 78.5 cm³/mol. The van der Waals surface area contributed by atoms with E-state index in [0.29, 0.717) is 5.41 Å². The van der Waals surface area contributed by atoms with Crippen LogP contribution in [0.1, 0.15) is 78.6 Å². The van der Waals surface area contributed by atoms with Crippen molar-refractivity contribution in [1.82, 2.24) is 0 Å². The first-order valence-electron chi connectivity index (χ1n) is 8.59. The van der Waals surface area contributed by atoms with E-state index in [2.05, 4.69) is 20.8 Å². The van der Waals surface area contributed by atoms with Crippen molar-refractivity contribution in [2.24, 2.45) is 35.0 Å². The van der Waals surface area contributed by atoms with Crippen molar-refractivity contribution in [3.8, 4) is 0 Å². The maximum absolute atomic E-state index is 2.60. The second-order valence-electron chi connectivity index (χ2n) is 8.30. The molecule has 3 rings (SSSR count). The topological polar surface area (TPSA) is 0 Å². The van der Waals surface area contributed by atoms with E-state index in [4.69, 9.17) is 0 Å².